The summed E-state index contributed by atoms with van der Waals surface area (Å²) in [6.45, 7) is 1.73. The largest absolute Gasteiger partial charge is 0.466 e. The lowest BCUT2D eigenvalue weighted by Crippen LogP contribution is -2.27. The number of carbonyl (C=O) groups is 1. The van der Waals surface area contributed by atoms with E-state index in [4.69, 9.17) is 9.15 Å². The van der Waals surface area contributed by atoms with Crippen molar-refractivity contribution in [3.8, 4) is 0 Å². The monoisotopic (exact) mass is 331 g/mol. The highest BCUT2D eigenvalue weighted by Crippen LogP contribution is 2.31. The smallest absolute Gasteiger partial charge is 0.433 e. The van der Waals surface area contributed by atoms with Gasteiger partial charge in [-0.1, -0.05) is 6.08 Å². The predicted octanol–water partition coefficient (Wildman–Crippen LogP) is 1.91. The van der Waals surface area contributed by atoms with Gasteiger partial charge in [-0.05, 0) is 19.1 Å². The third-order valence-corrected chi connectivity index (χ3v) is 3.48. The number of anilines is 1. The van der Waals surface area contributed by atoms with Crippen LogP contribution < -0.4 is 5.32 Å². The number of esters is 1. The van der Waals surface area contributed by atoms with E-state index in [2.05, 4.69) is 15.4 Å². The summed E-state index contributed by atoms with van der Waals surface area (Å²) in [6, 6.07) is 2.14. The molecule has 3 heterocycles. The van der Waals surface area contributed by atoms with Crippen LogP contribution in [0.1, 0.15) is 18.7 Å². The molecule has 0 spiro atoms. The van der Waals surface area contributed by atoms with E-state index in [-0.39, 0.29) is 11.6 Å². The average molecular weight is 331 g/mol. The number of hydrogen-bond acceptors (Lipinski definition) is 8. The molecule has 2 aromatic rings. The van der Waals surface area contributed by atoms with Crippen LogP contribution in [0.2, 0.25) is 0 Å². The maximum atomic E-state index is 12.1. The number of hydrogen-bond donors (Lipinski definition) is 1. The standard InChI is InChI=1S/C14H13N5O5/c1-8-12(13(20)23-2)10(18-14(17-8)15-7-16-18)5-3-9-4-6-11(24-9)19(21)22/h3-7,10H,1-2H3,(H,15,16,17)/b5-3+. The van der Waals surface area contributed by atoms with Gasteiger partial charge < -0.3 is 14.5 Å². The summed E-state index contributed by atoms with van der Waals surface area (Å²) in [5.74, 6) is -0.119. The number of methoxy groups -OCH3 is 1. The number of aromatic nitrogens is 3. The summed E-state index contributed by atoms with van der Waals surface area (Å²) < 4.78 is 11.4. The molecular weight excluding hydrogens is 318 g/mol. The minimum atomic E-state index is -0.624. The van der Waals surface area contributed by atoms with Crippen LogP contribution in [0.25, 0.3) is 6.08 Å². The van der Waals surface area contributed by atoms with Crippen molar-refractivity contribution in [2.75, 3.05) is 12.4 Å². The molecule has 1 aliphatic rings. The Morgan fingerprint density at radius 1 is 1.54 bits per heavy atom. The summed E-state index contributed by atoms with van der Waals surface area (Å²) >= 11 is 0. The first-order valence-corrected chi connectivity index (χ1v) is 6.89. The number of ether oxygens (including phenoxy) is 1. The van der Waals surface area contributed by atoms with E-state index in [1.165, 1.54) is 36.3 Å². The van der Waals surface area contributed by atoms with Crippen molar-refractivity contribution in [1.29, 1.82) is 0 Å². The second-order valence-corrected chi connectivity index (χ2v) is 4.92. The van der Waals surface area contributed by atoms with E-state index < -0.39 is 16.9 Å². The van der Waals surface area contributed by atoms with E-state index in [0.29, 0.717) is 17.2 Å². The van der Waals surface area contributed by atoms with E-state index in [1.807, 2.05) is 0 Å². The van der Waals surface area contributed by atoms with Crippen molar-refractivity contribution < 1.29 is 18.9 Å². The van der Waals surface area contributed by atoms with Crippen molar-refractivity contribution in [3.05, 3.63) is 51.7 Å². The first kappa shape index (κ1) is 15.5. The van der Waals surface area contributed by atoms with Gasteiger partial charge >= 0.3 is 11.9 Å². The highest BCUT2D eigenvalue weighted by atomic mass is 16.6. The van der Waals surface area contributed by atoms with Crippen molar-refractivity contribution in [2.24, 2.45) is 0 Å². The number of allylic oxidation sites excluding steroid dienone is 2. The van der Waals surface area contributed by atoms with Gasteiger partial charge in [-0.25, -0.2) is 9.48 Å². The summed E-state index contributed by atoms with van der Waals surface area (Å²) in [5, 5.41) is 17.7. The highest BCUT2D eigenvalue weighted by Gasteiger charge is 2.31. The number of nitrogens with zero attached hydrogens (tertiary/aromatic N) is 4. The summed E-state index contributed by atoms with van der Waals surface area (Å²) in [6.07, 6.45) is 4.52. The van der Waals surface area contributed by atoms with Crippen molar-refractivity contribution >= 4 is 23.9 Å². The molecule has 124 valence electrons. The van der Waals surface area contributed by atoms with Gasteiger partial charge in [-0.15, -0.1) is 0 Å². The first-order valence-electron chi connectivity index (χ1n) is 6.89. The molecule has 1 atom stereocenters. The zero-order chi connectivity index (χ0) is 17.3. The summed E-state index contributed by atoms with van der Waals surface area (Å²) in [5.41, 5.74) is 0.940. The second kappa shape index (κ2) is 5.99. The zero-order valence-corrected chi connectivity index (χ0v) is 12.8. The fourth-order valence-corrected chi connectivity index (χ4v) is 2.40. The lowest BCUT2D eigenvalue weighted by Gasteiger charge is -2.25. The number of furan rings is 1. The fraction of sp³-hybridized carbons (Fsp3) is 0.214. The van der Waals surface area contributed by atoms with Crippen LogP contribution in [0.15, 0.2) is 40.2 Å². The van der Waals surface area contributed by atoms with Gasteiger partial charge in [0, 0.05) is 5.70 Å². The molecule has 10 heteroatoms. The lowest BCUT2D eigenvalue weighted by molar-refractivity contribution is -0.402. The molecule has 0 radical (unpaired) electrons. The number of carbonyl (C=O) groups excluding carboxylic acids is 1. The molecule has 0 aromatic carbocycles. The Labute approximate surface area is 135 Å². The SMILES string of the molecule is COC(=O)C1=C(C)Nc2ncnn2C1/C=C/c1ccc([N+](=O)[O-])o1. The number of fused-ring (bicyclic) bond motifs is 1. The molecule has 0 aliphatic carbocycles. The van der Waals surface area contributed by atoms with Crippen LogP contribution in [-0.4, -0.2) is 32.8 Å². The van der Waals surface area contributed by atoms with E-state index in [1.54, 1.807) is 13.0 Å². The Balaban J connectivity index is 1.97. The van der Waals surface area contributed by atoms with Gasteiger partial charge in [-0.2, -0.15) is 10.1 Å². The number of nitro groups is 1. The van der Waals surface area contributed by atoms with E-state index in [0.717, 1.165) is 0 Å². The Bertz CT molecular complexity index is 863. The zero-order valence-electron chi connectivity index (χ0n) is 12.8. The summed E-state index contributed by atoms with van der Waals surface area (Å²) in [7, 11) is 1.29. The van der Waals surface area contributed by atoms with Crippen molar-refractivity contribution in [2.45, 2.75) is 13.0 Å². The third-order valence-electron chi connectivity index (χ3n) is 3.48. The molecular formula is C14H13N5O5. The number of rotatable bonds is 4. The maximum Gasteiger partial charge on any atom is 0.433 e. The summed E-state index contributed by atoms with van der Waals surface area (Å²) in [4.78, 5) is 26.2. The Kier molecular flexibility index (Phi) is 3.86. The van der Waals surface area contributed by atoms with Crippen LogP contribution in [0.4, 0.5) is 11.8 Å². The van der Waals surface area contributed by atoms with Gasteiger partial charge in [0.25, 0.3) is 0 Å². The molecule has 0 saturated carbocycles. The Hall–Kier alpha value is -3.43. The van der Waals surface area contributed by atoms with Crippen LogP contribution in [-0.2, 0) is 9.53 Å². The van der Waals surface area contributed by atoms with Crippen LogP contribution in [0.3, 0.4) is 0 Å². The topological polar surface area (TPSA) is 125 Å². The van der Waals surface area contributed by atoms with E-state index >= 15 is 0 Å². The number of nitrogens with one attached hydrogen (secondary N) is 1. The van der Waals surface area contributed by atoms with Crippen molar-refractivity contribution in [1.82, 2.24) is 14.8 Å². The molecule has 3 rings (SSSR count). The van der Waals surface area contributed by atoms with Gasteiger partial charge in [-0.3, -0.25) is 10.1 Å². The highest BCUT2D eigenvalue weighted by molar-refractivity contribution is 5.92. The molecule has 24 heavy (non-hydrogen) atoms. The fourth-order valence-electron chi connectivity index (χ4n) is 2.40. The molecule has 10 nitrogen and oxygen atoms in total. The maximum absolute atomic E-state index is 12.1. The van der Waals surface area contributed by atoms with Gasteiger partial charge in [0.05, 0.1) is 18.7 Å². The van der Waals surface area contributed by atoms with Crippen LogP contribution in [0.5, 0.6) is 0 Å². The molecule has 0 fully saturated rings. The second-order valence-electron chi connectivity index (χ2n) is 4.92. The molecule has 1 unspecified atom stereocenters. The third kappa shape index (κ3) is 2.64. The van der Waals surface area contributed by atoms with Crippen molar-refractivity contribution in [3.63, 3.8) is 0 Å². The van der Waals surface area contributed by atoms with Gasteiger partial charge in [0.1, 0.15) is 23.1 Å². The van der Waals surface area contributed by atoms with Crippen LogP contribution >= 0.6 is 0 Å². The Morgan fingerprint density at radius 2 is 2.33 bits per heavy atom. The lowest BCUT2D eigenvalue weighted by atomic mass is 10.0. The molecule has 2 aromatic heterocycles. The predicted molar refractivity (Wildman–Crippen MR) is 81.8 cm³/mol. The minimum Gasteiger partial charge on any atom is -0.466 e. The van der Waals surface area contributed by atoms with Gasteiger partial charge in [0.2, 0.25) is 5.95 Å². The molecule has 0 amide bonds. The molecule has 1 aliphatic heterocycles. The average Bonchev–Trinajstić information content (AvgIpc) is 3.20. The minimum absolute atomic E-state index is 0.281. The molecule has 1 N–H and O–H groups in total. The molecule has 0 saturated heterocycles. The first-order chi connectivity index (χ1) is 11.5. The van der Waals surface area contributed by atoms with E-state index in [9.17, 15) is 14.9 Å². The Morgan fingerprint density at radius 3 is 3.00 bits per heavy atom. The van der Waals surface area contributed by atoms with Gasteiger partial charge in [0.15, 0.2) is 0 Å². The quantitative estimate of drug-likeness (QED) is 0.511. The normalized spacial score (nSPS) is 16.8. The molecule has 0 bridgehead atoms. The van der Waals surface area contributed by atoms with Crippen LogP contribution in [0, 0.1) is 10.1 Å².